The molecular formula is C30H30N4O2. The molecule has 0 saturated carbocycles. The fourth-order valence-electron chi connectivity index (χ4n) is 3.68. The molecule has 182 valence electrons. The molecule has 36 heavy (non-hydrogen) atoms. The fourth-order valence-corrected chi connectivity index (χ4v) is 3.68. The summed E-state index contributed by atoms with van der Waals surface area (Å²) < 4.78 is 0. The number of nitrogens with zero attached hydrogens (tertiary/aromatic N) is 2. The Morgan fingerprint density at radius 1 is 1.11 bits per heavy atom. The Hall–Kier alpha value is -4.58. The van der Waals surface area contributed by atoms with Crippen molar-refractivity contribution in [3.63, 3.8) is 0 Å². The summed E-state index contributed by atoms with van der Waals surface area (Å²) in [5.41, 5.74) is 7.64. The van der Waals surface area contributed by atoms with E-state index in [1.165, 1.54) is 6.21 Å². The molecule has 0 aliphatic heterocycles. The summed E-state index contributed by atoms with van der Waals surface area (Å²) in [6.07, 6.45) is 9.85. The second kappa shape index (κ2) is 12.8. The maximum Gasteiger partial charge on any atom is 0.307 e. The Balaban J connectivity index is 2.02. The third-order valence-corrected chi connectivity index (χ3v) is 5.45. The molecular weight excluding hydrogens is 448 g/mol. The van der Waals surface area contributed by atoms with Crippen LogP contribution in [0.1, 0.15) is 30.5 Å². The van der Waals surface area contributed by atoms with E-state index in [1.54, 1.807) is 18.5 Å². The molecule has 2 aromatic carbocycles. The van der Waals surface area contributed by atoms with Gasteiger partial charge in [0, 0.05) is 47.7 Å². The van der Waals surface area contributed by atoms with Gasteiger partial charge in [0.15, 0.2) is 0 Å². The van der Waals surface area contributed by atoms with Gasteiger partial charge in [-0.25, -0.2) is 0 Å². The van der Waals surface area contributed by atoms with Gasteiger partial charge in [0.25, 0.3) is 0 Å². The number of carboxylic acid groups (broad SMARTS) is 1. The van der Waals surface area contributed by atoms with Crippen LogP contribution in [0.3, 0.4) is 0 Å². The smallest absolute Gasteiger partial charge is 0.307 e. The first-order chi connectivity index (χ1) is 17.4. The van der Waals surface area contributed by atoms with E-state index < -0.39 is 5.97 Å². The Morgan fingerprint density at radius 2 is 1.89 bits per heavy atom. The van der Waals surface area contributed by atoms with Crippen molar-refractivity contribution in [2.24, 2.45) is 4.99 Å². The zero-order chi connectivity index (χ0) is 25.9. The Labute approximate surface area is 212 Å². The Kier molecular flexibility index (Phi) is 9.23. The molecule has 6 nitrogen and oxygen atoms in total. The van der Waals surface area contributed by atoms with E-state index in [1.807, 2.05) is 62.4 Å². The van der Waals surface area contributed by atoms with Crippen LogP contribution in [-0.2, 0) is 11.2 Å². The van der Waals surface area contributed by atoms with E-state index >= 15 is 0 Å². The van der Waals surface area contributed by atoms with Crippen LogP contribution in [0.4, 0.5) is 5.69 Å². The molecule has 0 atom stereocenters. The average molecular weight is 479 g/mol. The zero-order valence-corrected chi connectivity index (χ0v) is 20.5. The molecule has 1 heterocycles. The monoisotopic (exact) mass is 478 g/mol. The van der Waals surface area contributed by atoms with Crippen molar-refractivity contribution in [1.29, 1.82) is 5.41 Å². The van der Waals surface area contributed by atoms with Gasteiger partial charge in [0.1, 0.15) is 0 Å². The second-order valence-electron chi connectivity index (χ2n) is 8.31. The molecule has 0 amide bonds. The third kappa shape index (κ3) is 7.21. The summed E-state index contributed by atoms with van der Waals surface area (Å²) in [6, 6.07) is 17.9. The molecule has 3 aromatic rings. The number of hydrogen-bond acceptors (Lipinski definition) is 5. The molecule has 0 bridgehead atoms. The van der Waals surface area contributed by atoms with Crippen LogP contribution in [-0.4, -0.2) is 34.5 Å². The maximum absolute atomic E-state index is 11.1. The van der Waals surface area contributed by atoms with Gasteiger partial charge < -0.3 is 15.8 Å². The van der Waals surface area contributed by atoms with Crippen molar-refractivity contribution in [3.05, 3.63) is 114 Å². The minimum Gasteiger partial charge on any atom is -0.481 e. The highest BCUT2D eigenvalue weighted by Crippen LogP contribution is 2.35. The topological polar surface area (TPSA) is 98.4 Å². The lowest BCUT2D eigenvalue weighted by molar-refractivity contribution is -0.136. The van der Waals surface area contributed by atoms with Crippen LogP contribution in [0.25, 0.3) is 16.8 Å². The summed E-state index contributed by atoms with van der Waals surface area (Å²) in [5, 5.41) is 19.6. The normalized spacial score (nSPS) is 11.9. The lowest BCUT2D eigenvalue weighted by Crippen LogP contribution is -2.14. The number of hydrogen-bond donors (Lipinski definition) is 3. The van der Waals surface area contributed by atoms with Gasteiger partial charge in [-0.2, -0.15) is 0 Å². The van der Waals surface area contributed by atoms with Crippen molar-refractivity contribution in [2.75, 3.05) is 6.54 Å². The summed E-state index contributed by atoms with van der Waals surface area (Å²) in [5.74, 6) is -0.901. The van der Waals surface area contributed by atoms with Crippen LogP contribution in [0.2, 0.25) is 0 Å². The van der Waals surface area contributed by atoms with E-state index in [4.69, 9.17) is 15.5 Å². The number of nitrogens with one attached hydrogen (secondary N) is 2. The van der Waals surface area contributed by atoms with Crippen LogP contribution in [0, 0.1) is 5.41 Å². The van der Waals surface area contributed by atoms with Crippen molar-refractivity contribution in [1.82, 2.24) is 10.3 Å². The van der Waals surface area contributed by atoms with Gasteiger partial charge in [-0.1, -0.05) is 66.8 Å². The minimum atomic E-state index is -0.901. The number of aromatic nitrogens is 1. The average Bonchev–Trinajstić information content (AvgIpc) is 2.87. The molecule has 1 aromatic heterocycles. The molecule has 3 N–H and O–H groups in total. The number of allylic oxidation sites excluding steroid dienone is 3. The van der Waals surface area contributed by atoms with Crippen LogP contribution < -0.4 is 5.32 Å². The maximum atomic E-state index is 11.1. The first kappa shape index (κ1) is 26.0. The van der Waals surface area contributed by atoms with Crippen LogP contribution in [0.5, 0.6) is 0 Å². The van der Waals surface area contributed by atoms with E-state index in [9.17, 15) is 4.79 Å². The Bertz CT molecular complexity index is 1340. The highest BCUT2D eigenvalue weighted by Gasteiger charge is 2.14. The van der Waals surface area contributed by atoms with E-state index in [-0.39, 0.29) is 6.42 Å². The van der Waals surface area contributed by atoms with Crippen molar-refractivity contribution in [3.8, 4) is 11.1 Å². The number of pyridine rings is 1. The molecule has 0 unspecified atom stereocenters. The third-order valence-electron chi connectivity index (χ3n) is 5.45. The summed E-state index contributed by atoms with van der Waals surface area (Å²) in [4.78, 5) is 20.2. The molecule has 3 rings (SSSR count). The molecule has 0 aliphatic rings. The number of benzene rings is 2. The largest absolute Gasteiger partial charge is 0.481 e. The predicted molar refractivity (Wildman–Crippen MR) is 148 cm³/mol. The lowest BCUT2D eigenvalue weighted by atomic mass is 9.96. The molecule has 0 spiro atoms. The number of aliphatic carboxylic acids is 1. The highest BCUT2D eigenvalue weighted by atomic mass is 16.4. The molecule has 0 aliphatic carbocycles. The second-order valence-corrected chi connectivity index (χ2v) is 8.31. The molecule has 0 radical (unpaired) electrons. The molecule has 6 heteroatoms. The van der Waals surface area contributed by atoms with Gasteiger partial charge in [-0.15, -0.1) is 0 Å². The van der Waals surface area contributed by atoms with Gasteiger partial charge in [-0.05, 0) is 48.7 Å². The van der Waals surface area contributed by atoms with Crippen molar-refractivity contribution < 1.29 is 9.90 Å². The van der Waals surface area contributed by atoms with Crippen LogP contribution in [0.15, 0.2) is 102 Å². The molecule has 0 fully saturated rings. The first-order valence-electron chi connectivity index (χ1n) is 11.5. The zero-order valence-electron chi connectivity index (χ0n) is 20.5. The summed E-state index contributed by atoms with van der Waals surface area (Å²) >= 11 is 0. The highest BCUT2D eigenvalue weighted by molar-refractivity contribution is 6.01. The quantitative estimate of drug-likeness (QED) is 0.225. The summed E-state index contributed by atoms with van der Waals surface area (Å²) in [6.45, 7) is 8.82. The van der Waals surface area contributed by atoms with Crippen molar-refractivity contribution >= 4 is 29.3 Å². The van der Waals surface area contributed by atoms with Gasteiger partial charge in [0.05, 0.1) is 12.1 Å². The van der Waals surface area contributed by atoms with E-state index in [0.29, 0.717) is 12.1 Å². The summed E-state index contributed by atoms with van der Waals surface area (Å²) in [7, 11) is 0. The minimum absolute atomic E-state index is 0.0918. The van der Waals surface area contributed by atoms with Gasteiger partial charge in [-0.3, -0.25) is 14.8 Å². The van der Waals surface area contributed by atoms with Gasteiger partial charge in [0.2, 0.25) is 0 Å². The number of rotatable bonds is 11. The SMILES string of the molecule is C=C(NC/C(C)=C/C=C\C=N)c1c(N=C(C)c2cncc(CC(=O)O)c2)cccc1-c1ccccc1. The fraction of sp³-hybridized carbons (Fsp3) is 0.133. The van der Waals surface area contributed by atoms with E-state index in [2.05, 4.69) is 35.1 Å². The Morgan fingerprint density at radius 3 is 2.61 bits per heavy atom. The predicted octanol–water partition coefficient (Wildman–Crippen LogP) is 6.23. The van der Waals surface area contributed by atoms with Crippen LogP contribution >= 0.6 is 0 Å². The lowest BCUT2D eigenvalue weighted by Gasteiger charge is -2.17. The first-order valence-corrected chi connectivity index (χ1v) is 11.5. The number of carboxylic acids is 1. The number of carbonyl (C=O) groups is 1. The van der Waals surface area contributed by atoms with Gasteiger partial charge >= 0.3 is 5.97 Å². The standard InChI is InChI=1S/C30H30N4O2/c1-21(10-7-8-15-31)18-33-23(3)30-27(25-11-5-4-6-12-25)13-9-14-28(30)34-22(2)26-16-24(17-29(35)36)19-32-20-26/h4-16,19-20,31,33H,3,17-18H2,1-2H3,(H,35,36)/b8-7-,21-10+,31-15?,34-22?. The van der Waals surface area contributed by atoms with Crippen molar-refractivity contribution in [2.45, 2.75) is 20.3 Å². The molecule has 0 saturated heterocycles. The van der Waals surface area contributed by atoms with E-state index in [0.717, 1.165) is 44.9 Å². The number of aliphatic imine (C=N–C) groups is 1.